The Hall–Kier alpha value is -4.07. The summed E-state index contributed by atoms with van der Waals surface area (Å²) in [5.41, 5.74) is 4.59. The number of carboxylic acids is 1. The number of pyridine rings is 1. The molecule has 2 aromatic heterocycles. The number of halogens is 2. The number of hydrogen-bond acceptors (Lipinski definition) is 3. The Morgan fingerprint density at radius 3 is 2.69 bits per heavy atom. The number of carbonyl (C=O) groups excluding carboxylic acids is 1. The number of carbonyl (C=O) groups is 2. The zero-order valence-electron chi connectivity index (χ0n) is 19.1. The smallest absolute Gasteiger partial charge is 0.335 e. The van der Waals surface area contributed by atoms with Crippen molar-refractivity contribution in [1.29, 1.82) is 0 Å². The summed E-state index contributed by atoms with van der Waals surface area (Å²) in [5.74, 6) is -2.33. The summed E-state index contributed by atoms with van der Waals surface area (Å²) in [6.45, 7) is 2.77. The van der Waals surface area contributed by atoms with Gasteiger partial charge in [0, 0.05) is 35.5 Å². The Kier molecular flexibility index (Phi) is 5.80. The summed E-state index contributed by atoms with van der Waals surface area (Å²) < 4.78 is 29.8. The van der Waals surface area contributed by atoms with Gasteiger partial charge in [0.2, 0.25) is 5.91 Å². The lowest BCUT2D eigenvalue weighted by molar-refractivity contribution is -0.131. The molecule has 0 atom stereocenters. The molecule has 0 saturated heterocycles. The molecule has 0 saturated carbocycles. The molecule has 1 aliphatic heterocycles. The number of hydrogen-bond donors (Lipinski definition) is 1. The van der Waals surface area contributed by atoms with Crippen molar-refractivity contribution in [1.82, 2.24) is 14.5 Å². The Morgan fingerprint density at radius 2 is 1.94 bits per heavy atom. The van der Waals surface area contributed by atoms with Crippen LogP contribution in [0.15, 0.2) is 54.7 Å². The molecule has 178 valence electrons. The molecule has 4 aromatic rings. The maximum atomic E-state index is 14.5. The number of carboxylic acid groups (broad SMARTS) is 1. The van der Waals surface area contributed by atoms with Crippen LogP contribution >= 0.6 is 0 Å². The first kappa shape index (κ1) is 22.7. The summed E-state index contributed by atoms with van der Waals surface area (Å²) >= 11 is 0. The molecular formula is C27H23F2N3O3. The highest BCUT2D eigenvalue weighted by atomic mass is 19.1. The summed E-state index contributed by atoms with van der Waals surface area (Å²) in [4.78, 5) is 30.7. The molecule has 0 aliphatic carbocycles. The van der Waals surface area contributed by atoms with Gasteiger partial charge in [-0.25, -0.2) is 18.6 Å². The van der Waals surface area contributed by atoms with Crippen molar-refractivity contribution < 1.29 is 23.5 Å². The van der Waals surface area contributed by atoms with E-state index in [2.05, 4.69) is 4.98 Å². The summed E-state index contributed by atoms with van der Waals surface area (Å²) in [6.07, 6.45) is 2.47. The normalized spacial score (nSPS) is 13.2. The van der Waals surface area contributed by atoms with Crippen LogP contribution in [0.3, 0.4) is 0 Å². The molecule has 1 amide bonds. The van der Waals surface area contributed by atoms with E-state index in [1.54, 1.807) is 30.2 Å². The largest absolute Gasteiger partial charge is 0.478 e. The molecule has 6 nitrogen and oxygen atoms in total. The number of amides is 1. The van der Waals surface area contributed by atoms with E-state index in [0.717, 1.165) is 28.3 Å². The van der Waals surface area contributed by atoms with E-state index in [-0.39, 0.29) is 24.4 Å². The van der Waals surface area contributed by atoms with Gasteiger partial charge >= 0.3 is 5.97 Å². The maximum Gasteiger partial charge on any atom is 0.335 e. The van der Waals surface area contributed by atoms with E-state index in [9.17, 15) is 23.5 Å². The third kappa shape index (κ3) is 4.27. The number of rotatable bonds is 5. The molecule has 3 heterocycles. The topological polar surface area (TPSA) is 75.4 Å². The van der Waals surface area contributed by atoms with Crippen LogP contribution in [0.5, 0.6) is 0 Å². The monoisotopic (exact) mass is 475 g/mol. The lowest BCUT2D eigenvalue weighted by Crippen LogP contribution is -2.37. The van der Waals surface area contributed by atoms with Crippen LogP contribution in [0, 0.1) is 18.6 Å². The summed E-state index contributed by atoms with van der Waals surface area (Å²) in [6, 6.07) is 12.3. The molecule has 0 bridgehead atoms. The Morgan fingerprint density at radius 1 is 1.11 bits per heavy atom. The lowest BCUT2D eigenvalue weighted by Gasteiger charge is -2.29. The second-order valence-corrected chi connectivity index (χ2v) is 8.82. The van der Waals surface area contributed by atoms with Gasteiger partial charge in [-0.1, -0.05) is 18.2 Å². The van der Waals surface area contributed by atoms with Gasteiger partial charge in [0.1, 0.15) is 17.3 Å². The second-order valence-electron chi connectivity index (χ2n) is 8.82. The summed E-state index contributed by atoms with van der Waals surface area (Å²) in [7, 11) is 0. The first-order chi connectivity index (χ1) is 16.8. The van der Waals surface area contributed by atoms with Gasteiger partial charge in [-0.2, -0.15) is 0 Å². The van der Waals surface area contributed by atoms with Crippen LogP contribution in [-0.2, 0) is 30.7 Å². The van der Waals surface area contributed by atoms with Crippen LogP contribution in [0.4, 0.5) is 8.78 Å². The number of aromatic nitrogens is 2. The molecule has 35 heavy (non-hydrogen) atoms. The van der Waals surface area contributed by atoms with Gasteiger partial charge in [0.05, 0.1) is 25.1 Å². The van der Waals surface area contributed by atoms with Crippen molar-refractivity contribution >= 4 is 22.9 Å². The average Bonchev–Trinajstić information content (AvgIpc) is 3.13. The van der Waals surface area contributed by atoms with E-state index in [1.807, 2.05) is 16.7 Å². The average molecular weight is 475 g/mol. The van der Waals surface area contributed by atoms with Gasteiger partial charge in [-0.15, -0.1) is 0 Å². The molecular weight excluding hydrogens is 452 g/mol. The fourth-order valence-corrected chi connectivity index (χ4v) is 4.83. The first-order valence-electron chi connectivity index (χ1n) is 11.3. The van der Waals surface area contributed by atoms with E-state index < -0.39 is 17.6 Å². The molecule has 1 N–H and O–H groups in total. The minimum atomic E-state index is -0.997. The van der Waals surface area contributed by atoms with Crippen molar-refractivity contribution in [3.8, 4) is 0 Å². The third-order valence-electron chi connectivity index (χ3n) is 6.59. The number of aromatic carboxylic acids is 1. The molecule has 0 radical (unpaired) electrons. The number of nitrogens with zero attached hydrogens (tertiary/aromatic N) is 3. The molecule has 0 unspecified atom stereocenters. The quantitative estimate of drug-likeness (QED) is 0.461. The Balaban J connectivity index is 1.44. The van der Waals surface area contributed by atoms with Gasteiger partial charge < -0.3 is 14.6 Å². The second kappa shape index (κ2) is 8.94. The molecule has 5 rings (SSSR count). The minimum Gasteiger partial charge on any atom is -0.478 e. The van der Waals surface area contributed by atoms with Crippen molar-refractivity contribution in [3.63, 3.8) is 0 Å². The molecule has 1 aliphatic rings. The zero-order chi connectivity index (χ0) is 24.7. The first-order valence-corrected chi connectivity index (χ1v) is 11.3. The van der Waals surface area contributed by atoms with Crippen molar-refractivity contribution in [2.75, 3.05) is 6.54 Å². The minimum absolute atomic E-state index is 0.0733. The lowest BCUT2D eigenvalue weighted by atomic mass is 10.0. The van der Waals surface area contributed by atoms with Crippen LogP contribution in [0.1, 0.15) is 38.3 Å². The van der Waals surface area contributed by atoms with Crippen molar-refractivity contribution in [2.24, 2.45) is 0 Å². The Bertz CT molecular complexity index is 1480. The van der Waals surface area contributed by atoms with Crippen LogP contribution in [0.2, 0.25) is 0 Å². The number of benzene rings is 2. The van der Waals surface area contributed by atoms with Crippen molar-refractivity contribution in [2.45, 2.75) is 32.9 Å². The molecule has 2 aromatic carbocycles. The fourth-order valence-electron chi connectivity index (χ4n) is 4.83. The fraction of sp³-hybridized carbons (Fsp3) is 0.222. The van der Waals surface area contributed by atoms with Crippen LogP contribution in [0.25, 0.3) is 11.0 Å². The van der Waals surface area contributed by atoms with Crippen LogP contribution in [-0.4, -0.2) is 38.0 Å². The highest BCUT2D eigenvalue weighted by Gasteiger charge is 2.27. The number of fused-ring (bicyclic) bond motifs is 3. The predicted octanol–water partition coefficient (Wildman–Crippen LogP) is 4.50. The highest BCUT2D eigenvalue weighted by molar-refractivity contribution is 5.89. The number of aryl methyl sites for hydroxylation is 1. The van der Waals surface area contributed by atoms with E-state index in [1.165, 1.54) is 18.2 Å². The molecule has 0 fully saturated rings. The van der Waals surface area contributed by atoms with Crippen LogP contribution < -0.4 is 0 Å². The SMILES string of the molecule is Cc1cc(CC(=O)N2CCc3c(n(Cc4ccc(F)cc4F)c4ncccc34)C2)ccc1C(=O)O. The summed E-state index contributed by atoms with van der Waals surface area (Å²) in [5, 5.41) is 10.2. The highest BCUT2D eigenvalue weighted by Crippen LogP contribution is 2.31. The maximum absolute atomic E-state index is 14.5. The van der Waals surface area contributed by atoms with E-state index in [0.29, 0.717) is 36.3 Å². The zero-order valence-corrected chi connectivity index (χ0v) is 19.1. The van der Waals surface area contributed by atoms with E-state index in [4.69, 9.17) is 0 Å². The van der Waals surface area contributed by atoms with Crippen molar-refractivity contribution in [3.05, 3.63) is 99.9 Å². The standard InChI is InChI=1S/C27H23F2N3O3/c1-16-11-17(4-7-20(16)27(34)35)12-25(33)31-10-8-21-22-3-2-9-30-26(22)32(24(21)15-31)14-18-5-6-19(28)13-23(18)29/h2-7,9,11,13H,8,10,12,14-15H2,1H3,(H,34,35). The third-order valence-corrected chi connectivity index (χ3v) is 6.59. The van der Waals surface area contributed by atoms with Gasteiger partial charge in [-0.05, 0) is 54.3 Å². The van der Waals surface area contributed by atoms with Gasteiger partial charge in [-0.3, -0.25) is 4.79 Å². The van der Waals surface area contributed by atoms with Gasteiger partial charge in [0.15, 0.2) is 0 Å². The molecule has 0 spiro atoms. The molecule has 8 heteroatoms. The Labute approximate surface area is 200 Å². The van der Waals surface area contributed by atoms with E-state index >= 15 is 0 Å². The van der Waals surface area contributed by atoms with Gasteiger partial charge in [0.25, 0.3) is 0 Å². The predicted molar refractivity (Wildman–Crippen MR) is 126 cm³/mol.